The van der Waals surface area contributed by atoms with E-state index in [2.05, 4.69) is 51.4 Å². The highest BCUT2D eigenvalue weighted by atomic mass is 127. The highest BCUT2D eigenvalue weighted by Crippen LogP contribution is 2.27. The third-order valence-corrected chi connectivity index (χ3v) is 4.52. The first-order valence-corrected chi connectivity index (χ1v) is 7.56. The Bertz CT molecular complexity index is 503. The maximum atomic E-state index is 4.47. The number of hydrogen-bond acceptors (Lipinski definition) is 2. The van der Waals surface area contributed by atoms with Gasteiger partial charge in [0, 0.05) is 31.9 Å². The zero-order valence-corrected chi connectivity index (χ0v) is 15.2. The molecule has 2 heterocycles. The number of benzene rings is 1. The Kier molecular flexibility index (Phi) is 5.87. The van der Waals surface area contributed by atoms with Crippen LogP contribution in [0.5, 0.6) is 0 Å². The number of anilines is 1. The number of likely N-dealkylation sites (tertiary alicyclic amines) is 1. The van der Waals surface area contributed by atoms with Crippen LogP contribution in [0.15, 0.2) is 29.3 Å². The van der Waals surface area contributed by atoms with Gasteiger partial charge in [0.1, 0.15) is 0 Å². The van der Waals surface area contributed by atoms with Crippen LogP contribution in [-0.2, 0) is 6.42 Å². The molecule has 2 aliphatic rings. The molecule has 0 amide bonds. The molecule has 1 N–H and O–H groups in total. The molecule has 0 saturated carbocycles. The van der Waals surface area contributed by atoms with E-state index < -0.39 is 0 Å². The van der Waals surface area contributed by atoms with Gasteiger partial charge in [-0.25, -0.2) is 0 Å². The van der Waals surface area contributed by atoms with Gasteiger partial charge in [0.05, 0.1) is 0 Å². The largest absolute Gasteiger partial charge is 0.354 e. The summed E-state index contributed by atoms with van der Waals surface area (Å²) in [5.74, 6) is 1.01. The molecule has 1 aromatic rings. The maximum Gasteiger partial charge on any atom is 0.198 e. The number of hydrogen-bond donors (Lipinski definition) is 1. The molecule has 1 aromatic carbocycles. The molecule has 0 aromatic heterocycles. The minimum absolute atomic E-state index is 0. The summed E-state index contributed by atoms with van der Waals surface area (Å²) >= 11 is 0. The molecule has 5 heteroatoms. The van der Waals surface area contributed by atoms with Crippen molar-refractivity contribution in [2.24, 2.45) is 4.99 Å². The molecule has 1 unspecified atom stereocenters. The highest BCUT2D eigenvalue weighted by Gasteiger charge is 2.25. The molecule has 0 radical (unpaired) electrons. The van der Waals surface area contributed by atoms with E-state index in [-0.39, 0.29) is 24.0 Å². The molecule has 0 bridgehead atoms. The number of nitrogens with one attached hydrogen (secondary N) is 1. The Hall–Kier alpha value is -0.820. The normalized spacial score (nSPS) is 22.1. The zero-order valence-electron chi connectivity index (χ0n) is 12.9. The van der Waals surface area contributed by atoms with Gasteiger partial charge in [0.15, 0.2) is 5.96 Å². The molecule has 116 valence electrons. The number of likely N-dealkylation sites (N-methyl/N-ethyl adjacent to an activating group) is 1. The Balaban J connectivity index is 0.00000161. The number of para-hydroxylation sites is 1. The van der Waals surface area contributed by atoms with Crippen LogP contribution < -0.4 is 10.2 Å². The summed E-state index contributed by atoms with van der Waals surface area (Å²) in [4.78, 5) is 9.22. The van der Waals surface area contributed by atoms with E-state index in [0.717, 1.165) is 25.5 Å². The second-order valence-electron chi connectivity index (χ2n) is 5.74. The van der Waals surface area contributed by atoms with Crippen molar-refractivity contribution in [1.29, 1.82) is 0 Å². The number of rotatable bonds is 2. The van der Waals surface area contributed by atoms with E-state index >= 15 is 0 Å². The standard InChI is InChI=1S/C16H24N4.HI/c1-17-16(18-12-14-7-5-10-19(14)2)20-11-9-13-6-3-4-8-15(13)20;/h3-4,6,8,14H,5,7,9-12H2,1-2H3,(H,17,18);1H. The first-order chi connectivity index (χ1) is 9.79. The molecule has 1 atom stereocenters. The fourth-order valence-corrected chi connectivity index (χ4v) is 3.30. The second-order valence-corrected chi connectivity index (χ2v) is 5.74. The Morgan fingerprint density at radius 2 is 2.14 bits per heavy atom. The minimum Gasteiger partial charge on any atom is -0.354 e. The molecular weight excluding hydrogens is 375 g/mol. The average Bonchev–Trinajstić information content (AvgIpc) is 3.07. The van der Waals surface area contributed by atoms with Gasteiger partial charge in [-0.1, -0.05) is 18.2 Å². The molecule has 3 rings (SSSR count). The molecule has 1 fully saturated rings. The lowest BCUT2D eigenvalue weighted by Crippen LogP contribution is -2.45. The SMILES string of the molecule is CN=C(NCC1CCCN1C)N1CCc2ccccc21.I. The summed E-state index contributed by atoms with van der Waals surface area (Å²) in [5, 5.41) is 3.56. The van der Waals surface area contributed by atoms with Crippen LogP contribution in [0.2, 0.25) is 0 Å². The van der Waals surface area contributed by atoms with Crippen LogP contribution in [0.3, 0.4) is 0 Å². The molecular formula is C16H25IN4. The van der Waals surface area contributed by atoms with Gasteiger partial charge in [-0.15, -0.1) is 24.0 Å². The monoisotopic (exact) mass is 400 g/mol. The number of nitrogens with zero attached hydrogens (tertiary/aromatic N) is 3. The third kappa shape index (κ3) is 3.51. The van der Waals surface area contributed by atoms with Crippen LogP contribution in [-0.4, -0.2) is 50.6 Å². The summed E-state index contributed by atoms with van der Waals surface area (Å²) in [6.45, 7) is 3.23. The maximum absolute atomic E-state index is 4.47. The first-order valence-electron chi connectivity index (χ1n) is 7.56. The first kappa shape index (κ1) is 16.5. The van der Waals surface area contributed by atoms with Crippen molar-refractivity contribution < 1.29 is 0 Å². The van der Waals surface area contributed by atoms with Crippen molar-refractivity contribution in [3.8, 4) is 0 Å². The fraction of sp³-hybridized carbons (Fsp3) is 0.562. The lowest BCUT2D eigenvalue weighted by molar-refractivity contribution is 0.310. The van der Waals surface area contributed by atoms with Crippen molar-refractivity contribution in [3.05, 3.63) is 29.8 Å². The van der Waals surface area contributed by atoms with Crippen LogP contribution in [0.4, 0.5) is 5.69 Å². The molecule has 21 heavy (non-hydrogen) atoms. The van der Waals surface area contributed by atoms with Crippen LogP contribution in [0.1, 0.15) is 18.4 Å². The topological polar surface area (TPSA) is 30.9 Å². The van der Waals surface area contributed by atoms with Gasteiger partial charge in [0.25, 0.3) is 0 Å². The summed E-state index contributed by atoms with van der Waals surface area (Å²) < 4.78 is 0. The summed E-state index contributed by atoms with van der Waals surface area (Å²) in [5.41, 5.74) is 2.73. The Morgan fingerprint density at radius 3 is 2.86 bits per heavy atom. The quantitative estimate of drug-likeness (QED) is 0.470. The zero-order chi connectivity index (χ0) is 13.9. The lowest BCUT2D eigenvalue weighted by atomic mass is 10.2. The third-order valence-electron chi connectivity index (χ3n) is 4.52. The molecule has 4 nitrogen and oxygen atoms in total. The van der Waals surface area contributed by atoms with Crippen molar-refractivity contribution >= 4 is 35.6 Å². The van der Waals surface area contributed by atoms with E-state index in [9.17, 15) is 0 Å². The fourth-order valence-electron chi connectivity index (χ4n) is 3.30. The van der Waals surface area contributed by atoms with Gasteiger partial charge in [-0.3, -0.25) is 4.99 Å². The number of halogens is 1. The van der Waals surface area contributed by atoms with Crippen molar-refractivity contribution in [2.75, 3.05) is 38.6 Å². The van der Waals surface area contributed by atoms with Gasteiger partial charge in [-0.2, -0.15) is 0 Å². The predicted molar refractivity (Wildman–Crippen MR) is 99.9 cm³/mol. The van der Waals surface area contributed by atoms with Gasteiger partial charge in [-0.05, 0) is 44.5 Å². The Morgan fingerprint density at radius 1 is 1.33 bits per heavy atom. The summed E-state index contributed by atoms with van der Waals surface area (Å²) in [6, 6.07) is 9.27. The number of fused-ring (bicyclic) bond motifs is 1. The van der Waals surface area contributed by atoms with Gasteiger partial charge < -0.3 is 15.1 Å². The lowest BCUT2D eigenvalue weighted by Gasteiger charge is -2.26. The summed E-state index contributed by atoms with van der Waals surface area (Å²) in [6.07, 6.45) is 3.71. The van der Waals surface area contributed by atoms with Crippen molar-refractivity contribution in [2.45, 2.75) is 25.3 Å². The van der Waals surface area contributed by atoms with E-state index in [1.165, 1.54) is 30.6 Å². The van der Waals surface area contributed by atoms with Gasteiger partial charge in [0.2, 0.25) is 0 Å². The van der Waals surface area contributed by atoms with Crippen LogP contribution >= 0.6 is 24.0 Å². The van der Waals surface area contributed by atoms with E-state index in [0.29, 0.717) is 6.04 Å². The van der Waals surface area contributed by atoms with E-state index in [4.69, 9.17) is 0 Å². The highest BCUT2D eigenvalue weighted by molar-refractivity contribution is 14.0. The van der Waals surface area contributed by atoms with E-state index in [1.54, 1.807) is 0 Å². The molecule has 0 aliphatic carbocycles. The predicted octanol–water partition coefficient (Wildman–Crippen LogP) is 2.34. The van der Waals surface area contributed by atoms with E-state index in [1.807, 2.05) is 7.05 Å². The number of guanidine groups is 1. The van der Waals surface area contributed by atoms with Crippen molar-refractivity contribution in [3.63, 3.8) is 0 Å². The van der Waals surface area contributed by atoms with Crippen molar-refractivity contribution in [1.82, 2.24) is 10.2 Å². The number of aliphatic imine (C=N–C) groups is 1. The molecule has 1 saturated heterocycles. The minimum atomic E-state index is 0. The van der Waals surface area contributed by atoms with Gasteiger partial charge >= 0.3 is 0 Å². The molecule has 2 aliphatic heterocycles. The Labute approximate surface area is 144 Å². The smallest absolute Gasteiger partial charge is 0.198 e. The van der Waals surface area contributed by atoms with Crippen LogP contribution in [0, 0.1) is 0 Å². The second kappa shape index (κ2) is 7.45. The molecule has 0 spiro atoms. The van der Waals surface area contributed by atoms with Crippen LogP contribution in [0.25, 0.3) is 0 Å². The summed E-state index contributed by atoms with van der Waals surface area (Å²) in [7, 11) is 4.09. The average molecular weight is 400 g/mol.